The van der Waals surface area contributed by atoms with Gasteiger partial charge in [-0.05, 0) is 41.2 Å². The SMILES string of the molecule is C[C@H]1CCN(C(=O)C2=NC=C(c3cnc4[nH]c(-c5ccccc5)cc4c3)C2)C1. The maximum atomic E-state index is 12.7. The number of pyridine rings is 1. The topological polar surface area (TPSA) is 61.4 Å². The first-order valence-electron chi connectivity index (χ1n) is 9.77. The van der Waals surface area contributed by atoms with Crippen molar-refractivity contribution in [2.75, 3.05) is 13.1 Å². The zero-order valence-electron chi connectivity index (χ0n) is 15.9. The lowest BCUT2D eigenvalue weighted by molar-refractivity contribution is -0.123. The molecular weight excluding hydrogens is 348 g/mol. The Morgan fingerprint density at radius 1 is 1.18 bits per heavy atom. The van der Waals surface area contributed by atoms with Crippen molar-refractivity contribution in [1.29, 1.82) is 0 Å². The van der Waals surface area contributed by atoms with Gasteiger partial charge in [-0.25, -0.2) is 4.98 Å². The molecule has 4 heterocycles. The molecular formula is C23H22N4O. The summed E-state index contributed by atoms with van der Waals surface area (Å²) in [6.45, 7) is 3.87. The third-order valence-corrected chi connectivity index (χ3v) is 5.62. The zero-order valence-corrected chi connectivity index (χ0v) is 15.9. The monoisotopic (exact) mass is 370 g/mol. The van der Waals surface area contributed by atoms with E-state index in [0.29, 0.717) is 18.1 Å². The molecule has 2 aliphatic rings. The normalized spacial score (nSPS) is 19.2. The average Bonchev–Trinajstić information content (AvgIpc) is 3.46. The quantitative estimate of drug-likeness (QED) is 0.748. The molecule has 0 saturated carbocycles. The van der Waals surface area contributed by atoms with Crippen LogP contribution in [0.4, 0.5) is 0 Å². The number of allylic oxidation sites excluding steroid dienone is 1. The summed E-state index contributed by atoms with van der Waals surface area (Å²) in [6.07, 6.45) is 5.34. The van der Waals surface area contributed by atoms with Gasteiger partial charge in [0.05, 0.1) is 0 Å². The largest absolute Gasteiger partial charge is 0.339 e. The molecule has 5 heteroatoms. The lowest BCUT2D eigenvalue weighted by Crippen LogP contribution is -2.34. The molecule has 140 valence electrons. The molecule has 3 aromatic rings. The molecule has 0 radical (unpaired) electrons. The molecule has 5 nitrogen and oxygen atoms in total. The van der Waals surface area contributed by atoms with Crippen molar-refractivity contribution in [2.45, 2.75) is 19.8 Å². The van der Waals surface area contributed by atoms with Crippen molar-refractivity contribution in [1.82, 2.24) is 14.9 Å². The highest BCUT2D eigenvalue weighted by atomic mass is 16.2. The number of rotatable bonds is 3. The summed E-state index contributed by atoms with van der Waals surface area (Å²) in [6, 6.07) is 14.5. The van der Waals surface area contributed by atoms with Crippen LogP contribution in [0.2, 0.25) is 0 Å². The van der Waals surface area contributed by atoms with Crippen LogP contribution in [0.25, 0.3) is 27.9 Å². The first-order chi connectivity index (χ1) is 13.7. The van der Waals surface area contributed by atoms with Crippen LogP contribution in [0.15, 0.2) is 59.9 Å². The van der Waals surface area contributed by atoms with E-state index in [-0.39, 0.29) is 5.91 Å². The minimum absolute atomic E-state index is 0.0812. The van der Waals surface area contributed by atoms with Gasteiger partial charge in [0.25, 0.3) is 5.91 Å². The van der Waals surface area contributed by atoms with Crippen LogP contribution in [0, 0.1) is 5.92 Å². The summed E-state index contributed by atoms with van der Waals surface area (Å²) in [5, 5.41) is 1.06. The van der Waals surface area contributed by atoms with Crippen molar-refractivity contribution in [3.8, 4) is 11.3 Å². The summed E-state index contributed by atoms with van der Waals surface area (Å²) in [7, 11) is 0. The molecule has 1 N–H and O–H groups in total. The van der Waals surface area contributed by atoms with Gasteiger partial charge >= 0.3 is 0 Å². The molecule has 5 rings (SSSR count). The molecule has 1 amide bonds. The van der Waals surface area contributed by atoms with E-state index in [1.54, 1.807) is 0 Å². The van der Waals surface area contributed by atoms with Gasteiger partial charge in [-0.1, -0.05) is 37.3 Å². The molecule has 2 aromatic heterocycles. The Morgan fingerprint density at radius 3 is 2.82 bits per heavy atom. The summed E-state index contributed by atoms with van der Waals surface area (Å²) in [5.74, 6) is 0.662. The first kappa shape index (κ1) is 16.9. The van der Waals surface area contributed by atoms with Crippen LogP contribution < -0.4 is 0 Å². The molecule has 1 saturated heterocycles. The number of H-pyrrole nitrogens is 1. The molecule has 1 atom stereocenters. The van der Waals surface area contributed by atoms with Crippen LogP contribution in [-0.4, -0.2) is 39.6 Å². The van der Waals surface area contributed by atoms with Crippen LogP contribution in [0.5, 0.6) is 0 Å². The molecule has 0 spiro atoms. The third-order valence-electron chi connectivity index (χ3n) is 5.62. The van der Waals surface area contributed by atoms with Crippen molar-refractivity contribution in [3.63, 3.8) is 0 Å². The van der Waals surface area contributed by atoms with Crippen molar-refractivity contribution in [3.05, 3.63) is 60.4 Å². The minimum atomic E-state index is 0.0812. The van der Waals surface area contributed by atoms with E-state index in [1.165, 1.54) is 0 Å². The van der Waals surface area contributed by atoms with Gasteiger partial charge in [0.1, 0.15) is 11.4 Å². The average molecular weight is 370 g/mol. The highest BCUT2D eigenvalue weighted by Crippen LogP contribution is 2.29. The summed E-state index contributed by atoms with van der Waals surface area (Å²) >= 11 is 0. The van der Waals surface area contributed by atoms with Crippen LogP contribution in [-0.2, 0) is 4.79 Å². The first-order valence-corrected chi connectivity index (χ1v) is 9.77. The second kappa shape index (κ2) is 6.75. The van der Waals surface area contributed by atoms with E-state index in [1.807, 2.05) is 35.5 Å². The van der Waals surface area contributed by atoms with E-state index in [0.717, 1.165) is 52.9 Å². The lowest BCUT2D eigenvalue weighted by atomic mass is 10.0. The van der Waals surface area contributed by atoms with Crippen molar-refractivity contribution < 1.29 is 4.79 Å². The van der Waals surface area contributed by atoms with Crippen LogP contribution in [0.3, 0.4) is 0 Å². The number of aliphatic imine (C=N–C) groups is 1. The van der Waals surface area contributed by atoms with Gasteiger partial charge in [0, 0.05) is 43.0 Å². The number of amides is 1. The fraction of sp³-hybridized carbons (Fsp3) is 0.261. The van der Waals surface area contributed by atoms with Gasteiger partial charge in [0.15, 0.2) is 0 Å². The third kappa shape index (κ3) is 3.03. The molecule has 28 heavy (non-hydrogen) atoms. The number of likely N-dealkylation sites (tertiary alicyclic amines) is 1. The van der Waals surface area contributed by atoms with Crippen LogP contribution >= 0.6 is 0 Å². The van der Waals surface area contributed by atoms with Gasteiger partial charge in [0.2, 0.25) is 0 Å². The standard InChI is InChI=1S/C23H22N4O/c1-15-7-8-27(14-15)23(28)21-11-19(12-24-21)18-9-17-10-20(26-22(17)25-13-18)16-5-3-2-4-6-16/h2-6,9-10,12-13,15H,7-8,11,14H2,1H3,(H,25,26)/t15-/m0/s1. The number of benzene rings is 1. The molecule has 0 unspecified atom stereocenters. The highest BCUT2D eigenvalue weighted by molar-refractivity contribution is 6.41. The number of carbonyl (C=O) groups is 1. The number of nitrogens with one attached hydrogen (secondary N) is 1. The zero-order chi connectivity index (χ0) is 19.1. The van der Waals surface area contributed by atoms with Gasteiger partial charge in [-0.2, -0.15) is 0 Å². The number of hydrogen-bond acceptors (Lipinski definition) is 3. The van der Waals surface area contributed by atoms with Gasteiger partial charge in [-0.3, -0.25) is 9.79 Å². The Bertz CT molecular complexity index is 1110. The number of aromatic amines is 1. The van der Waals surface area contributed by atoms with Crippen molar-refractivity contribution >= 4 is 28.2 Å². The number of carbonyl (C=O) groups excluding carboxylic acids is 1. The molecule has 0 bridgehead atoms. The number of nitrogens with zero attached hydrogens (tertiary/aromatic N) is 3. The Labute approximate surface area is 163 Å². The number of fused-ring (bicyclic) bond motifs is 1. The fourth-order valence-corrected chi connectivity index (χ4v) is 4.00. The summed E-state index contributed by atoms with van der Waals surface area (Å²) < 4.78 is 0. The van der Waals surface area contributed by atoms with E-state index in [2.05, 4.69) is 46.1 Å². The maximum absolute atomic E-state index is 12.7. The molecule has 1 fully saturated rings. The highest BCUT2D eigenvalue weighted by Gasteiger charge is 2.28. The smallest absolute Gasteiger partial charge is 0.268 e. The Morgan fingerprint density at radius 2 is 2.04 bits per heavy atom. The fourth-order valence-electron chi connectivity index (χ4n) is 4.00. The number of aromatic nitrogens is 2. The molecule has 1 aromatic carbocycles. The summed E-state index contributed by atoms with van der Waals surface area (Å²) in [4.78, 5) is 27.0. The van der Waals surface area contributed by atoms with Gasteiger partial charge < -0.3 is 9.88 Å². The predicted molar refractivity (Wildman–Crippen MR) is 112 cm³/mol. The molecule has 0 aliphatic carbocycles. The second-order valence-corrected chi connectivity index (χ2v) is 7.76. The maximum Gasteiger partial charge on any atom is 0.268 e. The Balaban J connectivity index is 1.35. The molecule has 2 aliphatic heterocycles. The van der Waals surface area contributed by atoms with E-state index < -0.39 is 0 Å². The number of hydrogen-bond donors (Lipinski definition) is 1. The summed E-state index contributed by atoms with van der Waals surface area (Å²) in [5.41, 5.74) is 5.77. The van der Waals surface area contributed by atoms with Gasteiger partial charge in [-0.15, -0.1) is 0 Å². The van der Waals surface area contributed by atoms with E-state index >= 15 is 0 Å². The Kier molecular flexibility index (Phi) is 4.08. The lowest BCUT2D eigenvalue weighted by Gasteiger charge is -2.15. The Hall–Kier alpha value is -3.21. The minimum Gasteiger partial charge on any atom is -0.339 e. The predicted octanol–water partition coefficient (Wildman–Crippen LogP) is 4.28. The van der Waals surface area contributed by atoms with Crippen molar-refractivity contribution in [2.24, 2.45) is 10.9 Å². The van der Waals surface area contributed by atoms with E-state index in [4.69, 9.17) is 0 Å². The second-order valence-electron chi connectivity index (χ2n) is 7.76. The van der Waals surface area contributed by atoms with E-state index in [9.17, 15) is 4.79 Å². The van der Waals surface area contributed by atoms with Crippen LogP contribution in [0.1, 0.15) is 25.3 Å².